The lowest BCUT2D eigenvalue weighted by Gasteiger charge is -2.16. The lowest BCUT2D eigenvalue weighted by molar-refractivity contribution is 0.451. The molecule has 2 heterocycles. The summed E-state index contributed by atoms with van der Waals surface area (Å²) in [5.41, 5.74) is 2.43. The molecule has 2 aromatic heterocycles. The molecule has 0 fully saturated rings. The quantitative estimate of drug-likeness (QED) is 0.788. The highest BCUT2D eigenvalue weighted by atomic mass is 79.9. The van der Waals surface area contributed by atoms with Gasteiger partial charge in [-0.25, -0.2) is 0 Å². The number of halogens is 1. The summed E-state index contributed by atoms with van der Waals surface area (Å²) in [6, 6.07) is 4.40. The van der Waals surface area contributed by atoms with Crippen molar-refractivity contribution in [3.8, 4) is 0 Å². The summed E-state index contributed by atoms with van der Waals surface area (Å²) < 4.78 is 8.70. The number of aryl methyl sites for hydroxylation is 3. The van der Waals surface area contributed by atoms with Crippen LogP contribution in [0, 0.1) is 0 Å². The topological polar surface area (TPSA) is 43.0 Å². The Balaban J connectivity index is 2.05. The van der Waals surface area contributed by atoms with Crippen LogP contribution in [-0.2, 0) is 25.8 Å². The molecule has 0 saturated heterocycles. The Morgan fingerprint density at radius 2 is 2.24 bits per heavy atom. The molecule has 0 bridgehead atoms. The van der Waals surface area contributed by atoms with E-state index in [0.29, 0.717) is 6.04 Å². The van der Waals surface area contributed by atoms with Gasteiger partial charge in [-0.3, -0.25) is 4.68 Å². The summed E-state index contributed by atoms with van der Waals surface area (Å²) in [6.45, 7) is 5.19. The number of furan rings is 1. The van der Waals surface area contributed by atoms with Crippen molar-refractivity contribution >= 4 is 15.9 Å². The predicted molar refractivity (Wildman–Crippen MR) is 88.6 cm³/mol. The fraction of sp³-hybridized carbons (Fsp3) is 0.562. The highest BCUT2D eigenvalue weighted by molar-refractivity contribution is 9.10. The van der Waals surface area contributed by atoms with E-state index < -0.39 is 0 Å². The Hall–Kier alpha value is -1.07. The van der Waals surface area contributed by atoms with E-state index in [0.717, 1.165) is 43.7 Å². The molecule has 1 unspecified atom stereocenters. The van der Waals surface area contributed by atoms with Crippen LogP contribution in [0.15, 0.2) is 27.3 Å². The highest BCUT2D eigenvalue weighted by Crippen LogP contribution is 2.24. The third-order valence-corrected chi connectivity index (χ3v) is 4.78. The molecule has 0 amide bonds. The SMILES string of the molecule is CCc1nn(CC)c(CC(CCc2ccco2)NC)c1Br. The summed E-state index contributed by atoms with van der Waals surface area (Å²) in [4.78, 5) is 0. The Morgan fingerprint density at radius 3 is 2.81 bits per heavy atom. The van der Waals surface area contributed by atoms with Crippen molar-refractivity contribution < 1.29 is 4.42 Å². The molecule has 1 N–H and O–H groups in total. The van der Waals surface area contributed by atoms with Crippen LogP contribution in [0.2, 0.25) is 0 Å². The normalized spacial score (nSPS) is 12.8. The van der Waals surface area contributed by atoms with Gasteiger partial charge in [0.25, 0.3) is 0 Å². The summed E-state index contributed by atoms with van der Waals surface area (Å²) in [5.74, 6) is 1.05. The zero-order valence-electron chi connectivity index (χ0n) is 13.0. The van der Waals surface area contributed by atoms with Gasteiger partial charge in [-0.15, -0.1) is 0 Å². The Morgan fingerprint density at radius 1 is 1.43 bits per heavy atom. The van der Waals surface area contributed by atoms with Crippen LogP contribution in [0.3, 0.4) is 0 Å². The van der Waals surface area contributed by atoms with Crippen molar-refractivity contribution in [1.82, 2.24) is 15.1 Å². The molecule has 0 saturated carbocycles. The molecular weight excluding hydrogens is 330 g/mol. The predicted octanol–water partition coefficient (Wildman–Crippen LogP) is 3.58. The molecule has 4 nitrogen and oxygen atoms in total. The monoisotopic (exact) mass is 353 g/mol. The maximum Gasteiger partial charge on any atom is 0.103 e. The maximum atomic E-state index is 5.41. The molecule has 21 heavy (non-hydrogen) atoms. The van der Waals surface area contributed by atoms with Crippen LogP contribution >= 0.6 is 15.9 Å². The van der Waals surface area contributed by atoms with E-state index in [1.54, 1.807) is 6.26 Å². The minimum atomic E-state index is 0.415. The van der Waals surface area contributed by atoms with Gasteiger partial charge in [0.2, 0.25) is 0 Å². The average molecular weight is 354 g/mol. The van der Waals surface area contributed by atoms with E-state index in [1.807, 2.05) is 19.2 Å². The second-order valence-electron chi connectivity index (χ2n) is 5.18. The van der Waals surface area contributed by atoms with Crippen molar-refractivity contribution in [2.45, 2.75) is 52.1 Å². The van der Waals surface area contributed by atoms with Crippen molar-refractivity contribution in [2.24, 2.45) is 0 Å². The smallest absolute Gasteiger partial charge is 0.103 e. The Bertz CT molecular complexity index is 548. The van der Waals surface area contributed by atoms with Gasteiger partial charge in [-0.2, -0.15) is 5.10 Å². The molecule has 116 valence electrons. The summed E-state index contributed by atoms with van der Waals surface area (Å²) in [7, 11) is 2.02. The van der Waals surface area contributed by atoms with E-state index in [2.05, 4.69) is 44.9 Å². The van der Waals surface area contributed by atoms with E-state index in [4.69, 9.17) is 4.42 Å². The van der Waals surface area contributed by atoms with Crippen LogP contribution < -0.4 is 5.32 Å². The summed E-state index contributed by atoms with van der Waals surface area (Å²) >= 11 is 3.72. The van der Waals surface area contributed by atoms with Gasteiger partial charge < -0.3 is 9.73 Å². The fourth-order valence-corrected chi connectivity index (χ4v) is 3.29. The number of hydrogen-bond acceptors (Lipinski definition) is 3. The molecule has 2 rings (SSSR count). The van der Waals surface area contributed by atoms with Crippen molar-refractivity contribution in [3.63, 3.8) is 0 Å². The number of nitrogens with one attached hydrogen (secondary N) is 1. The number of aromatic nitrogens is 2. The first-order valence-electron chi connectivity index (χ1n) is 7.63. The van der Waals surface area contributed by atoms with Gasteiger partial charge in [0, 0.05) is 25.4 Å². The standard InChI is InChI=1S/C16H24BrN3O/c1-4-14-16(17)15(20(5-2)19-14)11-12(18-3)8-9-13-7-6-10-21-13/h6-7,10,12,18H,4-5,8-9,11H2,1-3H3. The van der Waals surface area contributed by atoms with E-state index >= 15 is 0 Å². The van der Waals surface area contributed by atoms with Gasteiger partial charge in [0.15, 0.2) is 0 Å². The van der Waals surface area contributed by atoms with Crippen LogP contribution in [0.1, 0.15) is 37.4 Å². The number of rotatable bonds is 8. The van der Waals surface area contributed by atoms with E-state index in [-0.39, 0.29) is 0 Å². The largest absolute Gasteiger partial charge is 0.469 e. The van der Waals surface area contributed by atoms with Crippen LogP contribution in [0.5, 0.6) is 0 Å². The first-order chi connectivity index (χ1) is 10.2. The molecule has 0 aliphatic heterocycles. The van der Waals surface area contributed by atoms with Crippen LogP contribution in [-0.4, -0.2) is 22.9 Å². The number of likely N-dealkylation sites (N-methyl/N-ethyl adjacent to an activating group) is 1. The summed E-state index contributed by atoms with van der Waals surface area (Å²) in [5, 5.41) is 8.08. The van der Waals surface area contributed by atoms with Crippen LogP contribution in [0.4, 0.5) is 0 Å². The lowest BCUT2D eigenvalue weighted by atomic mass is 10.0. The number of nitrogens with zero attached hydrogens (tertiary/aromatic N) is 2. The van der Waals surface area contributed by atoms with Crippen LogP contribution in [0.25, 0.3) is 0 Å². The average Bonchev–Trinajstić information content (AvgIpc) is 3.12. The molecule has 0 radical (unpaired) electrons. The van der Waals surface area contributed by atoms with Crippen molar-refractivity contribution in [1.29, 1.82) is 0 Å². The number of hydrogen-bond donors (Lipinski definition) is 1. The highest BCUT2D eigenvalue weighted by Gasteiger charge is 2.18. The zero-order valence-corrected chi connectivity index (χ0v) is 14.6. The molecule has 1 atom stereocenters. The van der Waals surface area contributed by atoms with Gasteiger partial charge in [-0.05, 0) is 54.9 Å². The second kappa shape index (κ2) is 7.80. The molecule has 5 heteroatoms. The van der Waals surface area contributed by atoms with Gasteiger partial charge in [0.1, 0.15) is 5.76 Å². The summed E-state index contributed by atoms with van der Waals surface area (Å²) in [6.07, 6.45) is 5.67. The van der Waals surface area contributed by atoms with Crippen molar-refractivity contribution in [3.05, 3.63) is 40.0 Å². The molecule has 0 aromatic carbocycles. The van der Waals surface area contributed by atoms with E-state index in [9.17, 15) is 0 Å². The molecule has 0 aliphatic rings. The third-order valence-electron chi connectivity index (χ3n) is 3.86. The molecule has 0 aliphatic carbocycles. The van der Waals surface area contributed by atoms with Gasteiger partial charge >= 0.3 is 0 Å². The second-order valence-corrected chi connectivity index (χ2v) is 5.98. The van der Waals surface area contributed by atoms with Gasteiger partial charge in [0.05, 0.1) is 22.1 Å². The molecular formula is C16H24BrN3O. The zero-order chi connectivity index (χ0) is 15.2. The maximum absolute atomic E-state index is 5.41. The molecule has 0 spiro atoms. The minimum absolute atomic E-state index is 0.415. The lowest BCUT2D eigenvalue weighted by Crippen LogP contribution is -2.29. The van der Waals surface area contributed by atoms with Gasteiger partial charge in [-0.1, -0.05) is 6.92 Å². The molecule has 2 aromatic rings. The Labute approximate surface area is 135 Å². The fourth-order valence-electron chi connectivity index (χ4n) is 2.57. The van der Waals surface area contributed by atoms with E-state index in [1.165, 1.54) is 10.2 Å². The van der Waals surface area contributed by atoms with Crippen molar-refractivity contribution in [2.75, 3.05) is 7.05 Å². The first kappa shape index (κ1) is 16.3. The minimum Gasteiger partial charge on any atom is -0.469 e. The Kier molecular flexibility index (Phi) is 6.06. The third kappa shape index (κ3) is 3.98. The first-order valence-corrected chi connectivity index (χ1v) is 8.42.